The summed E-state index contributed by atoms with van der Waals surface area (Å²) in [4.78, 5) is 26.2. The number of likely N-dealkylation sites (tertiary alicyclic amines) is 1. The molecule has 2 atom stereocenters. The van der Waals surface area contributed by atoms with Gasteiger partial charge in [-0.05, 0) is 36.5 Å². The standard InChI is InChI=1S/C18H20ClNO5/c19-13-6-11(7-14-16(13)25-5-4-24-14)8-15(21)20-9-12-2-1-3-18(12,10-20)17(22)23/h6-7,12H,1-5,8-10H2,(H,22,23)/t12-,18+/m0/s1. The van der Waals surface area contributed by atoms with E-state index in [2.05, 4.69) is 0 Å². The highest BCUT2D eigenvalue weighted by molar-refractivity contribution is 6.32. The highest BCUT2D eigenvalue weighted by Crippen LogP contribution is 2.49. The van der Waals surface area contributed by atoms with Crippen molar-refractivity contribution in [3.8, 4) is 11.5 Å². The molecule has 134 valence electrons. The van der Waals surface area contributed by atoms with Gasteiger partial charge in [-0.3, -0.25) is 9.59 Å². The van der Waals surface area contributed by atoms with Gasteiger partial charge in [-0.25, -0.2) is 0 Å². The maximum Gasteiger partial charge on any atom is 0.311 e. The van der Waals surface area contributed by atoms with Gasteiger partial charge in [-0.15, -0.1) is 0 Å². The summed E-state index contributed by atoms with van der Waals surface area (Å²) in [7, 11) is 0. The van der Waals surface area contributed by atoms with Gasteiger partial charge in [-0.1, -0.05) is 18.0 Å². The van der Waals surface area contributed by atoms with Crippen LogP contribution in [0.25, 0.3) is 0 Å². The second kappa shape index (κ2) is 6.09. The minimum absolute atomic E-state index is 0.0669. The van der Waals surface area contributed by atoms with Crippen LogP contribution in [-0.4, -0.2) is 48.2 Å². The number of nitrogens with zero attached hydrogens (tertiary/aromatic N) is 1. The number of halogens is 1. The Morgan fingerprint density at radius 2 is 2.12 bits per heavy atom. The molecule has 3 aliphatic rings. The van der Waals surface area contributed by atoms with Crippen molar-refractivity contribution in [1.82, 2.24) is 4.90 Å². The van der Waals surface area contributed by atoms with E-state index >= 15 is 0 Å². The Morgan fingerprint density at radius 3 is 2.88 bits per heavy atom. The maximum absolute atomic E-state index is 12.7. The van der Waals surface area contributed by atoms with Crippen molar-refractivity contribution in [3.63, 3.8) is 0 Å². The van der Waals surface area contributed by atoms with E-state index in [0.717, 1.165) is 18.4 Å². The molecule has 1 N–H and O–H groups in total. The number of hydrogen-bond donors (Lipinski definition) is 1. The van der Waals surface area contributed by atoms with Crippen LogP contribution in [0.15, 0.2) is 12.1 Å². The van der Waals surface area contributed by atoms with Gasteiger partial charge in [-0.2, -0.15) is 0 Å². The van der Waals surface area contributed by atoms with Crippen molar-refractivity contribution >= 4 is 23.5 Å². The lowest BCUT2D eigenvalue weighted by atomic mass is 9.81. The molecule has 1 aromatic rings. The Kier molecular flexibility index (Phi) is 4.02. The number of amides is 1. The highest BCUT2D eigenvalue weighted by Gasteiger charge is 2.55. The lowest BCUT2D eigenvalue weighted by Gasteiger charge is -2.23. The smallest absolute Gasteiger partial charge is 0.311 e. The first kappa shape index (κ1) is 16.5. The molecule has 2 fully saturated rings. The van der Waals surface area contributed by atoms with E-state index in [1.165, 1.54) is 0 Å². The summed E-state index contributed by atoms with van der Waals surface area (Å²) in [6.45, 7) is 1.75. The SMILES string of the molecule is O=C(Cc1cc(Cl)c2c(c1)OCCO2)N1C[C@@H]2CCC[C@@]2(C(=O)O)C1. The quantitative estimate of drug-likeness (QED) is 0.889. The minimum atomic E-state index is -0.771. The first-order valence-electron chi connectivity index (χ1n) is 8.59. The number of carboxylic acids is 1. The monoisotopic (exact) mass is 365 g/mol. The third kappa shape index (κ3) is 2.72. The number of rotatable bonds is 3. The number of aliphatic carboxylic acids is 1. The molecule has 2 heterocycles. The van der Waals surface area contributed by atoms with Gasteiger partial charge < -0.3 is 19.5 Å². The van der Waals surface area contributed by atoms with E-state index in [-0.39, 0.29) is 18.2 Å². The summed E-state index contributed by atoms with van der Waals surface area (Å²) >= 11 is 6.22. The molecular formula is C18H20ClNO5. The molecule has 0 bridgehead atoms. The number of benzene rings is 1. The van der Waals surface area contributed by atoms with Gasteiger partial charge in [0, 0.05) is 13.1 Å². The summed E-state index contributed by atoms with van der Waals surface area (Å²) in [5, 5.41) is 10.1. The Hall–Kier alpha value is -1.95. The fourth-order valence-electron chi connectivity index (χ4n) is 4.38. The molecule has 7 heteroatoms. The largest absolute Gasteiger partial charge is 0.486 e. The molecule has 0 radical (unpaired) electrons. The lowest BCUT2D eigenvalue weighted by Crippen LogP contribution is -2.37. The van der Waals surface area contributed by atoms with Crippen molar-refractivity contribution < 1.29 is 24.2 Å². The van der Waals surface area contributed by atoms with Gasteiger partial charge in [0.2, 0.25) is 5.91 Å². The number of carboxylic acid groups (broad SMARTS) is 1. The number of fused-ring (bicyclic) bond motifs is 2. The number of ether oxygens (including phenoxy) is 2. The van der Waals surface area contributed by atoms with Crippen molar-refractivity contribution in [1.29, 1.82) is 0 Å². The van der Waals surface area contributed by atoms with Crippen LogP contribution in [0.5, 0.6) is 11.5 Å². The first-order chi connectivity index (χ1) is 12.0. The average molecular weight is 366 g/mol. The molecule has 2 aliphatic heterocycles. The van der Waals surface area contributed by atoms with Gasteiger partial charge in [0.25, 0.3) is 0 Å². The van der Waals surface area contributed by atoms with Crippen LogP contribution >= 0.6 is 11.6 Å². The Bertz CT molecular complexity index is 736. The zero-order chi connectivity index (χ0) is 17.6. The van der Waals surface area contributed by atoms with Gasteiger partial charge in [0.15, 0.2) is 11.5 Å². The second-order valence-corrected chi connectivity index (χ2v) is 7.51. The van der Waals surface area contributed by atoms with Crippen LogP contribution < -0.4 is 9.47 Å². The van der Waals surface area contributed by atoms with Crippen molar-refractivity contribution in [2.24, 2.45) is 11.3 Å². The molecule has 0 unspecified atom stereocenters. The zero-order valence-electron chi connectivity index (χ0n) is 13.8. The van der Waals surface area contributed by atoms with Crippen molar-refractivity contribution in [2.75, 3.05) is 26.3 Å². The molecule has 1 saturated carbocycles. The highest BCUT2D eigenvalue weighted by atomic mass is 35.5. The fraction of sp³-hybridized carbons (Fsp3) is 0.556. The zero-order valence-corrected chi connectivity index (χ0v) is 14.6. The average Bonchev–Trinajstić information content (AvgIpc) is 3.13. The normalized spacial score (nSPS) is 27.2. The van der Waals surface area contributed by atoms with Crippen molar-refractivity contribution in [3.05, 3.63) is 22.7 Å². The number of hydrogen-bond acceptors (Lipinski definition) is 4. The van der Waals surface area contributed by atoms with E-state index in [1.54, 1.807) is 17.0 Å². The van der Waals surface area contributed by atoms with E-state index < -0.39 is 11.4 Å². The second-order valence-electron chi connectivity index (χ2n) is 7.10. The molecule has 25 heavy (non-hydrogen) atoms. The summed E-state index contributed by atoms with van der Waals surface area (Å²) in [5.41, 5.74) is 0.000741. The minimum Gasteiger partial charge on any atom is -0.486 e. The summed E-state index contributed by atoms with van der Waals surface area (Å²) in [6, 6.07) is 3.50. The van der Waals surface area contributed by atoms with Gasteiger partial charge in [0.05, 0.1) is 16.9 Å². The molecule has 1 saturated heterocycles. The van der Waals surface area contributed by atoms with Crippen LogP contribution in [0.1, 0.15) is 24.8 Å². The molecule has 1 amide bonds. The summed E-state index contributed by atoms with van der Waals surface area (Å²) in [5.74, 6) is 0.305. The van der Waals surface area contributed by atoms with Crippen LogP contribution in [0.2, 0.25) is 5.02 Å². The van der Waals surface area contributed by atoms with E-state index in [9.17, 15) is 14.7 Å². The van der Waals surface area contributed by atoms with Crippen LogP contribution in [0.3, 0.4) is 0 Å². The third-order valence-corrected chi connectivity index (χ3v) is 5.94. The third-order valence-electron chi connectivity index (χ3n) is 5.66. The molecule has 4 rings (SSSR count). The van der Waals surface area contributed by atoms with Crippen molar-refractivity contribution in [2.45, 2.75) is 25.7 Å². The molecular weight excluding hydrogens is 346 g/mol. The molecule has 1 aliphatic carbocycles. The molecule has 6 nitrogen and oxygen atoms in total. The van der Waals surface area contributed by atoms with Gasteiger partial charge in [0.1, 0.15) is 13.2 Å². The predicted molar refractivity (Wildman–Crippen MR) is 90.1 cm³/mol. The first-order valence-corrected chi connectivity index (χ1v) is 8.96. The topological polar surface area (TPSA) is 76.1 Å². The number of carbonyl (C=O) groups is 2. The molecule has 1 aromatic carbocycles. The van der Waals surface area contributed by atoms with E-state index in [1.807, 2.05) is 0 Å². The number of carbonyl (C=O) groups excluding carboxylic acids is 1. The molecule has 0 aromatic heterocycles. The van der Waals surface area contributed by atoms with E-state index in [0.29, 0.717) is 49.2 Å². The Balaban J connectivity index is 1.50. The molecule has 0 spiro atoms. The lowest BCUT2D eigenvalue weighted by molar-refractivity contribution is -0.149. The van der Waals surface area contributed by atoms with Crippen LogP contribution in [0, 0.1) is 11.3 Å². The fourth-order valence-corrected chi connectivity index (χ4v) is 4.67. The van der Waals surface area contributed by atoms with E-state index in [4.69, 9.17) is 21.1 Å². The Morgan fingerprint density at radius 1 is 1.32 bits per heavy atom. The van der Waals surface area contributed by atoms with Crippen LogP contribution in [-0.2, 0) is 16.0 Å². The van der Waals surface area contributed by atoms with Gasteiger partial charge >= 0.3 is 5.97 Å². The Labute approximate surface area is 150 Å². The summed E-state index contributed by atoms with van der Waals surface area (Å²) in [6.07, 6.45) is 2.65. The summed E-state index contributed by atoms with van der Waals surface area (Å²) < 4.78 is 11.0. The maximum atomic E-state index is 12.7. The predicted octanol–water partition coefficient (Wildman–Crippen LogP) is 2.37. The van der Waals surface area contributed by atoms with Crippen LogP contribution in [0.4, 0.5) is 0 Å².